The summed E-state index contributed by atoms with van der Waals surface area (Å²) in [5, 5.41) is 5.36. The zero-order valence-electron chi connectivity index (χ0n) is 19.1. The van der Waals surface area contributed by atoms with E-state index in [0.29, 0.717) is 28.6 Å². The van der Waals surface area contributed by atoms with E-state index in [1.165, 1.54) is 32.6 Å². The standard InChI is InChI=1S/C25H26N2O7/c1-30-18-7-9-19(10-8-18)34-14-12-26-25(29)21(16-20-5-4-13-33-20)27-24(28)17-6-11-22(31-2)23(15-17)32-3/h4-11,13,15-16H,12,14H2,1-3H3,(H,26,29)(H,27,28)/b21-16-. The molecule has 0 bridgehead atoms. The van der Waals surface area contributed by atoms with Crippen LogP contribution >= 0.6 is 0 Å². The van der Waals surface area contributed by atoms with E-state index in [1.54, 1.807) is 55.6 Å². The average molecular weight is 466 g/mol. The Hall–Kier alpha value is -4.40. The highest BCUT2D eigenvalue weighted by molar-refractivity contribution is 6.05. The molecule has 2 amide bonds. The van der Waals surface area contributed by atoms with Gasteiger partial charge in [-0.2, -0.15) is 0 Å². The molecule has 0 unspecified atom stereocenters. The Kier molecular flexibility index (Phi) is 8.56. The molecule has 9 nitrogen and oxygen atoms in total. The Bertz CT molecular complexity index is 1120. The van der Waals surface area contributed by atoms with Crippen molar-refractivity contribution >= 4 is 17.9 Å². The summed E-state index contributed by atoms with van der Waals surface area (Å²) in [6.45, 7) is 0.447. The first-order valence-electron chi connectivity index (χ1n) is 10.4. The first-order valence-corrected chi connectivity index (χ1v) is 10.4. The highest BCUT2D eigenvalue weighted by Gasteiger charge is 2.17. The maximum absolute atomic E-state index is 12.8. The third kappa shape index (κ3) is 6.55. The van der Waals surface area contributed by atoms with Gasteiger partial charge in [-0.25, -0.2) is 0 Å². The zero-order chi connectivity index (χ0) is 24.3. The van der Waals surface area contributed by atoms with Gasteiger partial charge in [0.1, 0.15) is 29.6 Å². The van der Waals surface area contributed by atoms with Crippen molar-refractivity contribution in [2.24, 2.45) is 0 Å². The molecule has 1 heterocycles. The van der Waals surface area contributed by atoms with Gasteiger partial charge in [-0.3, -0.25) is 9.59 Å². The molecule has 0 spiro atoms. The predicted molar refractivity (Wildman–Crippen MR) is 125 cm³/mol. The molecule has 2 N–H and O–H groups in total. The predicted octanol–water partition coefficient (Wildman–Crippen LogP) is 3.27. The molecule has 178 valence electrons. The molecule has 0 atom stereocenters. The third-order valence-corrected chi connectivity index (χ3v) is 4.68. The summed E-state index contributed by atoms with van der Waals surface area (Å²) < 4.78 is 26.5. The van der Waals surface area contributed by atoms with Crippen LogP contribution in [0.1, 0.15) is 16.1 Å². The Morgan fingerprint density at radius 3 is 2.29 bits per heavy atom. The Balaban J connectivity index is 1.64. The van der Waals surface area contributed by atoms with Gasteiger partial charge in [0, 0.05) is 11.6 Å². The number of carbonyl (C=O) groups excluding carboxylic acids is 2. The lowest BCUT2D eigenvalue weighted by molar-refractivity contribution is -0.117. The van der Waals surface area contributed by atoms with Gasteiger partial charge in [0.15, 0.2) is 11.5 Å². The molecular weight excluding hydrogens is 440 g/mol. The van der Waals surface area contributed by atoms with Crippen LogP contribution in [0.5, 0.6) is 23.0 Å². The van der Waals surface area contributed by atoms with Crippen LogP contribution in [0.25, 0.3) is 6.08 Å². The maximum Gasteiger partial charge on any atom is 0.268 e. The number of ether oxygens (including phenoxy) is 4. The van der Waals surface area contributed by atoms with Crippen LogP contribution in [-0.4, -0.2) is 46.3 Å². The molecule has 0 radical (unpaired) electrons. The largest absolute Gasteiger partial charge is 0.497 e. The van der Waals surface area contributed by atoms with Gasteiger partial charge >= 0.3 is 0 Å². The van der Waals surface area contributed by atoms with Gasteiger partial charge in [0.25, 0.3) is 11.8 Å². The number of carbonyl (C=O) groups is 2. The lowest BCUT2D eigenvalue weighted by Gasteiger charge is -2.13. The zero-order valence-corrected chi connectivity index (χ0v) is 19.1. The highest BCUT2D eigenvalue weighted by Crippen LogP contribution is 2.27. The molecule has 3 rings (SSSR count). The van der Waals surface area contributed by atoms with E-state index in [0.717, 1.165) is 5.75 Å². The minimum absolute atomic E-state index is 0.0131. The van der Waals surface area contributed by atoms with Crippen molar-refractivity contribution in [3.05, 3.63) is 77.9 Å². The lowest BCUT2D eigenvalue weighted by atomic mass is 10.1. The van der Waals surface area contributed by atoms with Gasteiger partial charge in [-0.05, 0) is 54.6 Å². The molecule has 9 heteroatoms. The van der Waals surface area contributed by atoms with Crippen LogP contribution in [0.15, 0.2) is 71.0 Å². The molecule has 3 aromatic rings. The van der Waals surface area contributed by atoms with Crippen molar-refractivity contribution in [2.45, 2.75) is 0 Å². The average Bonchev–Trinajstić information content (AvgIpc) is 3.39. The minimum Gasteiger partial charge on any atom is -0.497 e. The van der Waals surface area contributed by atoms with Crippen molar-refractivity contribution in [3.8, 4) is 23.0 Å². The number of hydrogen-bond acceptors (Lipinski definition) is 7. The monoisotopic (exact) mass is 466 g/mol. The van der Waals surface area contributed by atoms with Gasteiger partial charge in [-0.1, -0.05) is 0 Å². The molecule has 0 saturated carbocycles. The Morgan fingerprint density at radius 1 is 0.912 bits per heavy atom. The molecule has 0 aliphatic carbocycles. The van der Waals surface area contributed by atoms with Gasteiger partial charge in [0.2, 0.25) is 0 Å². The summed E-state index contributed by atoms with van der Waals surface area (Å²) in [5.41, 5.74) is 0.304. The highest BCUT2D eigenvalue weighted by atomic mass is 16.5. The van der Waals surface area contributed by atoms with Gasteiger partial charge in [-0.15, -0.1) is 0 Å². The fourth-order valence-electron chi connectivity index (χ4n) is 2.95. The summed E-state index contributed by atoms with van der Waals surface area (Å²) in [7, 11) is 4.57. The molecule has 0 saturated heterocycles. The molecule has 1 aromatic heterocycles. The summed E-state index contributed by atoms with van der Waals surface area (Å²) >= 11 is 0. The lowest BCUT2D eigenvalue weighted by Crippen LogP contribution is -2.36. The van der Waals surface area contributed by atoms with Crippen LogP contribution in [0.4, 0.5) is 0 Å². The topological polar surface area (TPSA) is 108 Å². The van der Waals surface area contributed by atoms with Crippen LogP contribution < -0.4 is 29.6 Å². The number of amides is 2. The second-order valence-electron chi connectivity index (χ2n) is 6.88. The molecule has 34 heavy (non-hydrogen) atoms. The Morgan fingerprint density at radius 2 is 1.65 bits per heavy atom. The fraction of sp³-hybridized carbons (Fsp3) is 0.200. The maximum atomic E-state index is 12.8. The van der Waals surface area contributed by atoms with Crippen LogP contribution in [0.3, 0.4) is 0 Å². The van der Waals surface area contributed by atoms with E-state index in [4.69, 9.17) is 23.4 Å². The third-order valence-electron chi connectivity index (χ3n) is 4.68. The van der Waals surface area contributed by atoms with E-state index in [-0.39, 0.29) is 18.8 Å². The molecular formula is C25H26N2O7. The fourth-order valence-corrected chi connectivity index (χ4v) is 2.95. The van der Waals surface area contributed by atoms with Crippen molar-refractivity contribution in [3.63, 3.8) is 0 Å². The number of hydrogen-bond donors (Lipinski definition) is 2. The second kappa shape index (κ2) is 12.0. The number of methoxy groups -OCH3 is 3. The number of nitrogens with one attached hydrogen (secondary N) is 2. The number of rotatable bonds is 11. The normalized spacial score (nSPS) is 10.9. The van der Waals surface area contributed by atoms with Crippen molar-refractivity contribution in [1.82, 2.24) is 10.6 Å². The van der Waals surface area contributed by atoms with E-state index >= 15 is 0 Å². The van der Waals surface area contributed by atoms with Crippen molar-refractivity contribution < 1.29 is 33.0 Å². The molecule has 0 fully saturated rings. The van der Waals surface area contributed by atoms with E-state index in [1.807, 2.05) is 0 Å². The summed E-state index contributed by atoms with van der Waals surface area (Å²) in [4.78, 5) is 25.6. The first-order chi connectivity index (χ1) is 16.5. The van der Waals surface area contributed by atoms with E-state index in [9.17, 15) is 9.59 Å². The number of benzene rings is 2. The molecule has 2 aromatic carbocycles. The van der Waals surface area contributed by atoms with E-state index in [2.05, 4.69) is 10.6 Å². The molecule has 0 aliphatic rings. The van der Waals surface area contributed by atoms with Crippen LogP contribution in [0, 0.1) is 0 Å². The van der Waals surface area contributed by atoms with Gasteiger partial charge in [0.05, 0.1) is 34.1 Å². The smallest absolute Gasteiger partial charge is 0.268 e. The SMILES string of the molecule is COc1ccc(OCCNC(=O)/C(=C/c2ccco2)NC(=O)c2ccc(OC)c(OC)c2)cc1. The minimum atomic E-state index is -0.497. The number of furan rings is 1. The van der Waals surface area contributed by atoms with Crippen LogP contribution in [0.2, 0.25) is 0 Å². The van der Waals surface area contributed by atoms with Crippen molar-refractivity contribution in [2.75, 3.05) is 34.5 Å². The first kappa shape index (κ1) is 24.2. The van der Waals surface area contributed by atoms with E-state index < -0.39 is 11.8 Å². The summed E-state index contributed by atoms with van der Waals surface area (Å²) in [6, 6.07) is 15.2. The molecule has 0 aliphatic heterocycles. The van der Waals surface area contributed by atoms with Crippen molar-refractivity contribution in [1.29, 1.82) is 0 Å². The quantitative estimate of drug-likeness (QED) is 0.330. The summed E-state index contributed by atoms with van der Waals surface area (Å²) in [5.74, 6) is 1.66. The summed E-state index contributed by atoms with van der Waals surface area (Å²) in [6.07, 6.45) is 2.92. The second-order valence-corrected chi connectivity index (χ2v) is 6.88. The van der Waals surface area contributed by atoms with Crippen LogP contribution in [-0.2, 0) is 4.79 Å². The Labute approximate surface area is 197 Å². The van der Waals surface area contributed by atoms with Gasteiger partial charge < -0.3 is 34.0 Å².